The number of nitrogens with one attached hydrogen (secondary N) is 1. The maximum absolute atomic E-state index is 12.4. The second-order valence-corrected chi connectivity index (χ2v) is 5.82. The Morgan fingerprint density at radius 3 is 2.28 bits per heavy atom. The van der Waals surface area contributed by atoms with Crippen molar-refractivity contribution in [3.8, 4) is 16.9 Å². The molecule has 0 unspecified atom stereocenters. The number of alkyl halides is 3. The van der Waals surface area contributed by atoms with Gasteiger partial charge in [0, 0.05) is 11.8 Å². The van der Waals surface area contributed by atoms with Crippen molar-refractivity contribution in [1.82, 2.24) is 9.97 Å². The Balaban J connectivity index is 0.000000269. The first-order chi connectivity index (χ1) is 11.8. The average molecular weight is 356 g/mol. The largest absolute Gasteiger partial charge is 0.507 e. The zero-order valence-electron chi connectivity index (χ0n) is 13.4. The van der Waals surface area contributed by atoms with Crippen LogP contribution in [0, 0.1) is 0 Å². The second-order valence-electron chi connectivity index (χ2n) is 5.82. The number of aromatic amines is 1. The molecule has 1 fully saturated rings. The Morgan fingerprint density at radius 2 is 1.80 bits per heavy atom. The normalized spacial score (nSPS) is 15.4. The first-order valence-electron chi connectivity index (χ1n) is 7.90. The van der Waals surface area contributed by atoms with Crippen molar-refractivity contribution in [2.75, 3.05) is 0 Å². The van der Waals surface area contributed by atoms with E-state index in [1.165, 1.54) is 25.5 Å². The summed E-state index contributed by atoms with van der Waals surface area (Å²) in [6, 6.07) is 2.40. The summed E-state index contributed by atoms with van der Waals surface area (Å²) < 4.78 is 37.2. The standard InChI is InChI=1S/C11H7F3N2O2.C6H12O/c12-11(13,14)6-1-2-7(9(17)3-6)8-4-15-5-16-10(8)18;7-6-4-2-1-3-5-6/h1-5,17H,(H,15,16,18);6-7H,1-5H2. The number of phenolic OH excluding ortho intramolecular Hbond substituents is 1. The molecule has 1 aromatic heterocycles. The summed E-state index contributed by atoms with van der Waals surface area (Å²) in [6.45, 7) is 0. The Bertz CT molecular complexity index is 753. The van der Waals surface area contributed by atoms with Gasteiger partial charge in [0.15, 0.2) is 0 Å². The fourth-order valence-electron chi connectivity index (χ4n) is 2.55. The molecule has 0 amide bonds. The van der Waals surface area contributed by atoms with Crippen molar-refractivity contribution in [3.05, 3.63) is 46.6 Å². The van der Waals surface area contributed by atoms with Crippen LogP contribution in [0.3, 0.4) is 0 Å². The van der Waals surface area contributed by atoms with Crippen molar-refractivity contribution in [2.45, 2.75) is 44.4 Å². The molecular formula is C17H19F3N2O3. The van der Waals surface area contributed by atoms with Crippen LogP contribution in [0.15, 0.2) is 35.5 Å². The van der Waals surface area contributed by atoms with E-state index in [1.54, 1.807) is 0 Å². The van der Waals surface area contributed by atoms with Gasteiger partial charge in [0.2, 0.25) is 0 Å². The molecule has 1 heterocycles. The number of aliphatic hydroxyl groups is 1. The summed E-state index contributed by atoms with van der Waals surface area (Å²) in [7, 11) is 0. The van der Waals surface area contributed by atoms with Crippen LogP contribution >= 0.6 is 0 Å². The third-order valence-corrected chi connectivity index (χ3v) is 3.91. The molecule has 1 aliphatic carbocycles. The topological polar surface area (TPSA) is 86.2 Å². The van der Waals surface area contributed by atoms with Gasteiger partial charge in [-0.05, 0) is 31.0 Å². The zero-order valence-corrected chi connectivity index (χ0v) is 13.4. The molecule has 2 aromatic rings. The van der Waals surface area contributed by atoms with Crippen molar-refractivity contribution in [3.63, 3.8) is 0 Å². The Kier molecular flexibility index (Phi) is 6.19. The van der Waals surface area contributed by atoms with Crippen LogP contribution in [-0.2, 0) is 6.18 Å². The van der Waals surface area contributed by atoms with Crippen molar-refractivity contribution >= 4 is 0 Å². The molecule has 1 saturated carbocycles. The molecule has 136 valence electrons. The monoisotopic (exact) mass is 356 g/mol. The number of aromatic hydroxyl groups is 1. The number of phenols is 1. The molecule has 0 atom stereocenters. The van der Waals surface area contributed by atoms with E-state index in [2.05, 4.69) is 9.97 Å². The van der Waals surface area contributed by atoms with E-state index in [1.807, 2.05) is 0 Å². The number of H-pyrrole nitrogens is 1. The van der Waals surface area contributed by atoms with Gasteiger partial charge in [-0.3, -0.25) is 4.79 Å². The number of hydrogen-bond donors (Lipinski definition) is 3. The summed E-state index contributed by atoms with van der Waals surface area (Å²) in [5, 5.41) is 18.5. The van der Waals surface area contributed by atoms with Gasteiger partial charge < -0.3 is 15.2 Å². The highest BCUT2D eigenvalue weighted by molar-refractivity contribution is 5.69. The summed E-state index contributed by atoms with van der Waals surface area (Å²) >= 11 is 0. The highest BCUT2D eigenvalue weighted by atomic mass is 19.4. The van der Waals surface area contributed by atoms with Gasteiger partial charge in [-0.25, -0.2) is 4.98 Å². The number of benzene rings is 1. The zero-order chi connectivity index (χ0) is 18.4. The SMILES string of the molecule is O=c1[nH]cncc1-c1ccc(C(F)(F)F)cc1O.OC1CCCCC1. The van der Waals surface area contributed by atoms with Gasteiger partial charge in [-0.2, -0.15) is 13.2 Å². The molecule has 3 rings (SSSR count). The maximum Gasteiger partial charge on any atom is 0.416 e. The molecule has 0 spiro atoms. The number of hydrogen-bond acceptors (Lipinski definition) is 4. The number of halogens is 3. The molecule has 5 nitrogen and oxygen atoms in total. The van der Waals surface area contributed by atoms with Crippen molar-refractivity contribution in [1.29, 1.82) is 0 Å². The number of aliphatic hydroxyl groups excluding tert-OH is 1. The average Bonchev–Trinajstić information content (AvgIpc) is 2.56. The summed E-state index contributed by atoms with van der Waals surface area (Å²) in [4.78, 5) is 17.3. The molecule has 3 N–H and O–H groups in total. The van der Waals surface area contributed by atoms with Gasteiger partial charge in [0.25, 0.3) is 5.56 Å². The minimum atomic E-state index is -4.54. The maximum atomic E-state index is 12.4. The van der Waals surface area contributed by atoms with E-state index in [0.717, 1.165) is 31.3 Å². The van der Waals surface area contributed by atoms with Crippen LogP contribution in [0.5, 0.6) is 5.75 Å². The highest BCUT2D eigenvalue weighted by Gasteiger charge is 2.31. The van der Waals surface area contributed by atoms with E-state index in [0.29, 0.717) is 6.07 Å². The van der Waals surface area contributed by atoms with Gasteiger partial charge in [-0.15, -0.1) is 0 Å². The van der Waals surface area contributed by atoms with E-state index in [9.17, 15) is 23.1 Å². The Morgan fingerprint density at radius 1 is 1.12 bits per heavy atom. The Labute approximate surface area is 142 Å². The van der Waals surface area contributed by atoms with Crippen molar-refractivity contribution in [2.24, 2.45) is 0 Å². The molecule has 0 saturated heterocycles. The minimum Gasteiger partial charge on any atom is -0.507 e. The minimum absolute atomic E-state index is 0.00245. The fourth-order valence-corrected chi connectivity index (χ4v) is 2.55. The highest BCUT2D eigenvalue weighted by Crippen LogP contribution is 2.35. The second kappa shape index (κ2) is 8.15. The molecule has 1 aromatic carbocycles. The summed E-state index contributed by atoms with van der Waals surface area (Å²) in [5.41, 5.74) is -1.52. The molecule has 0 radical (unpaired) electrons. The van der Waals surface area contributed by atoms with E-state index < -0.39 is 23.0 Å². The summed E-state index contributed by atoms with van der Waals surface area (Å²) in [5.74, 6) is -0.622. The summed E-state index contributed by atoms with van der Waals surface area (Å²) in [6.07, 6.45) is 3.69. The van der Waals surface area contributed by atoms with Gasteiger partial charge in [0.1, 0.15) is 5.75 Å². The van der Waals surface area contributed by atoms with E-state index in [4.69, 9.17) is 5.11 Å². The quantitative estimate of drug-likeness (QED) is 0.730. The van der Waals surface area contributed by atoms with E-state index >= 15 is 0 Å². The van der Waals surface area contributed by atoms with Crippen molar-refractivity contribution < 1.29 is 23.4 Å². The van der Waals surface area contributed by atoms with Gasteiger partial charge in [0.05, 0.1) is 23.6 Å². The molecular weight excluding hydrogens is 337 g/mol. The molecule has 25 heavy (non-hydrogen) atoms. The van der Waals surface area contributed by atoms with Crippen LogP contribution in [0.25, 0.3) is 11.1 Å². The van der Waals surface area contributed by atoms with E-state index in [-0.39, 0.29) is 17.2 Å². The van der Waals surface area contributed by atoms with Crippen LogP contribution < -0.4 is 5.56 Å². The Hall–Kier alpha value is -2.35. The van der Waals surface area contributed by atoms with Crippen LogP contribution in [0.2, 0.25) is 0 Å². The third-order valence-electron chi connectivity index (χ3n) is 3.91. The molecule has 1 aliphatic rings. The van der Waals surface area contributed by atoms with Crippen LogP contribution in [0.4, 0.5) is 13.2 Å². The van der Waals surface area contributed by atoms with Crippen LogP contribution in [0.1, 0.15) is 37.7 Å². The lowest BCUT2D eigenvalue weighted by atomic mass is 9.98. The molecule has 0 aliphatic heterocycles. The number of aromatic nitrogens is 2. The molecule has 0 bridgehead atoms. The number of rotatable bonds is 1. The lowest BCUT2D eigenvalue weighted by Crippen LogP contribution is -2.09. The number of nitrogens with zero attached hydrogens (tertiary/aromatic N) is 1. The lowest BCUT2D eigenvalue weighted by molar-refractivity contribution is -0.137. The smallest absolute Gasteiger partial charge is 0.416 e. The van der Waals surface area contributed by atoms with Crippen LogP contribution in [-0.4, -0.2) is 26.3 Å². The van der Waals surface area contributed by atoms with Gasteiger partial charge in [-0.1, -0.05) is 19.3 Å². The fraction of sp³-hybridized carbons (Fsp3) is 0.412. The first-order valence-corrected chi connectivity index (χ1v) is 7.90. The van der Waals surface area contributed by atoms with Gasteiger partial charge >= 0.3 is 6.18 Å². The first kappa shape index (κ1) is 19.0. The third kappa shape index (κ3) is 5.32. The molecule has 8 heteroatoms. The lowest BCUT2D eigenvalue weighted by Gasteiger charge is -2.14. The predicted octanol–water partition coefficient (Wildman–Crippen LogP) is 3.47. The predicted molar refractivity (Wildman–Crippen MR) is 86.1 cm³/mol.